The first-order valence-electron chi connectivity index (χ1n) is 11.8. The molecule has 0 spiro atoms. The minimum Gasteiger partial charge on any atom is -0.306 e. The number of rotatable bonds is 8. The Morgan fingerprint density at radius 3 is 2.09 bits per heavy atom. The van der Waals surface area contributed by atoms with Gasteiger partial charge in [0.1, 0.15) is 17.7 Å². The summed E-state index contributed by atoms with van der Waals surface area (Å²) in [7, 11) is 0. The molecular formula is C29H28Cl2N2O2. The lowest BCUT2D eigenvalue weighted by Gasteiger charge is -2.37. The Morgan fingerprint density at radius 2 is 1.51 bits per heavy atom. The molecule has 6 heteroatoms. The van der Waals surface area contributed by atoms with E-state index in [1.165, 1.54) is 0 Å². The van der Waals surface area contributed by atoms with Crippen LogP contribution in [0.1, 0.15) is 67.6 Å². The van der Waals surface area contributed by atoms with Crippen molar-refractivity contribution in [1.82, 2.24) is 4.90 Å². The molecule has 0 fully saturated rings. The van der Waals surface area contributed by atoms with Crippen LogP contribution < -0.4 is 0 Å². The number of halogens is 2. The van der Waals surface area contributed by atoms with Crippen LogP contribution in [0.3, 0.4) is 0 Å². The van der Waals surface area contributed by atoms with Gasteiger partial charge >= 0.3 is 0 Å². The molecule has 0 aromatic heterocycles. The number of hydrogen-bond donors (Lipinski definition) is 0. The predicted octanol–water partition coefficient (Wildman–Crippen LogP) is 7.77. The number of carbonyl (C=O) groups excluding carboxylic acids is 2. The molecule has 0 saturated carbocycles. The first kappa shape index (κ1) is 25.2. The average Bonchev–Trinajstić information content (AvgIpc) is 3.08. The van der Waals surface area contributed by atoms with Gasteiger partial charge in [0.05, 0.1) is 6.04 Å². The van der Waals surface area contributed by atoms with Crippen LogP contribution in [0, 0.1) is 0 Å². The zero-order valence-corrected chi connectivity index (χ0v) is 21.6. The van der Waals surface area contributed by atoms with Gasteiger partial charge in [-0.15, -0.1) is 0 Å². The van der Waals surface area contributed by atoms with Crippen LogP contribution >= 0.6 is 23.2 Å². The van der Waals surface area contributed by atoms with Gasteiger partial charge in [0.25, 0.3) is 5.91 Å². The third-order valence-corrected chi connectivity index (χ3v) is 6.79. The molecule has 1 aliphatic rings. The van der Waals surface area contributed by atoms with Gasteiger partial charge in [0.2, 0.25) is 0 Å². The molecule has 1 atom stereocenters. The van der Waals surface area contributed by atoms with Gasteiger partial charge in [-0.2, -0.15) is 0 Å². The number of hydrogen-bond acceptors (Lipinski definition) is 3. The molecule has 3 aromatic rings. The minimum absolute atomic E-state index is 0.0888. The molecular weight excluding hydrogens is 479 g/mol. The molecule has 35 heavy (non-hydrogen) atoms. The third kappa shape index (κ3) is 5.34. The van der Waals surface area contributed by atoms with Gasteiger partial charge < -0.3 is 4.90 Å². The lowest BCUT2D eigenvalue weighted by molar-refractivity contribution is -0.130. The molecule has 0 unspecified atom stereocenters. The highest BCUT2D eigenvalue weighted by Crippen LogP contribution is 2.38. The highest BCUT2D eigenvalue weighted by atomic mass is 35.5. The fraction of sp³-hybridized carbons (Fsp3) is 0.276. The Hall–Kier alpha value is -2.95. The first-order chi connectivity index (χ1) is 16.7. The molecule has 0 saturated heterocycles. The minimum atomic E-state index is -0.701. The van der Waals surface area contributed by atoms with E-state index in [-0.39, 0.29) is 11.9 Å². The summed E-state index contributed by atoms with van der Waals surface area (Å²) in [5.74, 6) is -0.0888. The van der Waals surface area contributed by atoms with Gasteiger partial charge in [0.15, 0.2) is 0 Å². The average molecular weight is 507 g/mol. The standard InChI is InChI=1S/C29H28Cl2N2O2/c1-4-5-6-26(21-9-7-19(18-34)8-10-21)33-28(35)27(32-29(33,2)3)22-13-11-20(12-14-22)23-15-24(30)17-25(31)16-23/h7-18,26H,4-6H2,1-3H3/t26-/m1/s1. The van der Waals surface area contributed by atoms with Gasteiger partial charge in [-0.3, -0.25) is 14.6 Å². The number of benzene rings is 3. The molecule has 180 valence electrons. The van der Waals surface area contributed by atoms with E-state index in [0.29, 0.717) is 21.3 Å². The lowest BCUT2D eigenvalue weighted by Crippen LogP contribution is -2.45. The number of carbonyl (C=O) groups is 2. The molecule has 0 bridgehead atoms. The number of amides is 1. The monoisotopic (exact) mass is 506 g/mol. The maximum atomic E-state index is 13.8. The van der Waals surface area contributed by atoms with Crippen LogP contribution in [0.5, 0.6) is 0 Å². The van der Waals surface area contributed by atoms with E-state index in [1.807, 2.05) is 67.3 Å². The largest absolute Gasteiger partial charge is 0.306 e. The lowest BCUT2D eigenvalue weighted by atomic mass is 9.96. The van der Waals surface area contributed by atoms with E-state index in [4.69, 9.17) is 28.2 Å². The van der Waals surface area contributed by atoms with Crippen LogP contribution in [-0.4, -0.2) is 28.5 Å². The summed E-state index contributed by atoms with van der Waals surface area (Å²) < 4.78 is 0. The predicted molar refractivity (Wildman–Crippen MR) is 143 cm³/mol. The van der Waals surface area contributed by atoms with Gasteiger partial charge in [-0.05, 0) is 55.2 Å². The molecule has 4 nitrogen and oxygen atoms in total. The van der Waals surface area contributed by atoms with Gasteiger partial charge in [-0.25, -0.2) is 0 Å². The van der Waals surface area contributed by atoms with E-state index in [2.05, 4.69) is 6.92 Å². The van der Waals surface area contributed by atoms with Crippen molar-refractivity contribution in [2.75, 3.05) is 0 Å². The molecule has 3 aromatic carbocycles. The van der Waals surface area contributed by atoms with Crippen LogP contribution in [0.2, 0.25) is 10.0 Å². The Kier molecular flexibility index (Phi) is 7.44. The number of aliphatic imine (C=N–C) groups is 1. The van der Waals surface area contributed by atoms with E-state index in [1.54, 1.807) is 18.2 Å². The quantitative estimate of drug-likeness (QED) is 0.293. The fourth-order valence-corrected chi connectivity index (χ4v) is 5.15. The highest BCUT2D eigenvalue weighted by Gasteiger charge is 2.44. The molecule has 1 amide bonds. The Morgan fingerprint density at radius 1 is 0.914 bits per heavy atom. The van der Waals surface area contributed by atoms with Crippen molar-refractivity contribution in [2.45, 2.75) is 51.7 Å². The Bertz CT molecular complexity index is 1240. The van der Waals surface area contributed by atoms with Crippen molar-refractivity contribution in [3.05, 3.63) is 93.5 Å². The summed E-state index contributed by atoms with van der Waals surface area (Å²) in [5, 5.41) is 1.15. The normalized spacial score (nSPS) is 15.7. The Labute approximate surface area is 216 Å². The second-order valence-corrected chi connectivity index (χ2v) is 10.2. The molecule has 1 aliphatic heterocycles. The zero-order valence-electron chi connectivity index (χ0n) is 20.1. The van der Waals surface area contributed by atoms with E-state index < -0.39 is 5.66 Å². The van der Waals surface area contributed by atoms with Crippen LogP contribution in [-0.2, 0) is 4.79 Å². The van der Waals surface area contributed by atoms with Crippen molar-refractivity contribution >= 4 is 41.1 Å². The van der Waals surface area contributed by atoms with Crippen molar-refractivity contribution < 1.29 is 9.59 Å². The van der Waals surface area contributed by atoms with Crippen LogP contribution in [0.25, 0.3) is 11.1 Å². The molecule has 4 rings (SSSR count). The number of aldehydes is 1. The summed E-state index contributed by atoms with van der Waals surface area (Å²) >= 11 is 12.3. The summed E-state index contributed by atoms with van der Waals surface area (Å²) in [6.45, 7) is 6.08. The SMILES string of the molecule is CCCC[C@H](c1ccc(C=O)cc1)N1C(=O)C(c2ccc(-c3cc(Cl)cc(Cl)c3)cc2)=NC1(C)C. The maximum absolute atomic E-state index is 13.8. The van der Waals surface area contributed by atoms with Crippen LogP contribution in [0.15, 0.2) is 71.7 Å². The fourth-order valence-electron chi connectivity index (χ4n) is 4.63. The van der Waals surface area contributed by atoms with E-state index in [9.17, 15) is 9.59 Å². The van der Waals surface area contributed by atoms with Gasteiger partial charge in [0, 0.05) is 21.2 Å². The van der Waals surface area contributed by atoms with Crippen LogP contribution in [0.4, 0.5) is 0 Å². The Balaban J connectivity index is 1.65. The summed E-state index contributed by atoms with van der Waals surface area (Å²) in [6.07, 6.45) is 3.65. The van der Waals surface area contributed by atoms with E-state index >= 15 is 0 Å². The number of nitrogens with zero attached hydrogens (tertiary/aromatic N) is 2. The molecule has 0 aliphatic carbocycles. The smallest absolute Gasteiger partial charge is 0.275 e. The highest BCUT2D eigenvalue weighted by molar-refractivity contribution is 6.46. The number of unbranched alkanes of at least 4 members (excludes halogenated alkanes) is 1. The van der Waals surface area contributed by atoms with Crippen molar-refractivity contribution in [3.63, 3.8) is 0 Å². The summed E-state index contributed by atoms with van der Waals surface area (Å²) in [4.78, 5) is 31.6. The second-order valence-electron chi connectivity index (χ2n) is 9.31. The molecule has 1 heterocycles. The maximum Gasteiger partial charge on any atom is 0.275 e. The summed E-state index contributed by atoms with van der Waals surface area (Å²) in [6, 6.07) is 20.5. The van der Waals surface area contributed by atoms with Crippen molar-refractivity contribution in [1.29, 1.82) is 0 Å². The van der Waals surface area contributed by atoms with Gasteiger partial charge in [-0.1, -0.05) is 91.5 Å². The second kappa shape index (κ2) is 10.3. The van der Waals surface area contributed by atoms with Crippen molar-refractivity contribution in [2.24, 2.45) is 4.99 Å². The van der Waals surface area contributed by atoms with Crippen molar-refractivity contribution in [3.8, 4) is 11.1 Å². The first-order valence-corrected chi connectivity index (χ1v) is 12.5. The topological polar surface area (TPSA) is 49.7 Å². The molecule has 0 radical (unpaired) electrons. The molecule has 0 N–H and O–H groups in total. The zero-order chi connectivity index (χ0) is 25.2. The summed E-state index contributed by atoms with van der Waals surface area (Å²) in [5.41, 5.74) is 4.02. The van der Waals surface area contributed by atoms with E-state index in [0.717, 1.165) is 47.8 Å². The third-order valence-electron chi connectivity index (χ3n) is 6.35.